The van der Waals surface area contributed by atoms with Crippen LogP contribution in [0.25, 0.3) is 22.4 Å². The largest absolute Gasteiger partial charge is 0.542 e. The fourth-order valence-electron chi connectivity index (χ4n) is 3.84. The van der Waals surface area contributed by atoms with Gasteiger partial charge in [-0.25, -0.2) is 14.2 Å². The first-order chi connectivity index (χ1) is 16.8. The number of hydrogen-bond acceptors (Lipinski definition) is 6. The molecule has 1 aromatic heterocycles. The molecular weight excluding hydrogens is 468 g/mol. The molecule has 1 saturated carbocycles. The van der Waals surface area contributed by atoms with E-state index in [1.165, 1.54) is 19.1 Å². The van der Waals surface area contributed by atoms with Crippen molar-refractivity contribution in [1.29, 1.82) is 0 Å². The minimum atomic E-state index is -2.80. The molecule has 1 aliphatic carbocycles. The summed E-state index contributed by atoms with van der Waals surface area (Å²) in [4.78, 5) is 18.2. The molecule has 35 heavy (non-hydrogen) atoms. The maximum Gasteiger partial charge on any atom is 0.542 e. The van der Waals surface area contributed by atoms with Gasteiger partial charge in [-0.3, -0.25) is 0 Å². The maximum absolute atomic E-state index is 13.7. The predicted molar refractivity (Wildman–Crippen MR) is 131 cm³/mol. The van der Waals surface area contributed by atoms with E-state index in [1.54, 1.807) is 18.2 Å². The standard InChI is InChI=1S/C27H24FNO5P/c1-4-27(17(2)30,35(32)33-3)26(31)34-25-22(18-12-14-21(28)15-13-18)16-23(19-8-6-5-7-9-19)29-24(25)20-10-11-20/h1,5-9,12-17,20,30H,10-11H2,2-3H3/q+1. The van der Waals surface area contributed by atoms with Crippen molar-refractivity contribution in [3.05, 3.63) is 72.2 Å². The Labute approximate surface area is 204 Å². The molecule has 1 fully saturated rings. The Kier molecular flexibility index (Phi) is 7.09. The first-order valence-corrected chi connectivity index (χ1v) is 12.3. The third kappa shape index (κ3) is 4.74. The highest BCUT2D eigenvalue weighted by atomic mass is 31.1. The number of benzene rings is 2. The Bertz CT molecular complexity index is 1300. The number of rotatable bonds is 8. The van der Waals surface area contributed by atoms with Crippen LogP contribution in [-0.4, -0.2) is 34.4 Å². The van der Waals surface area contributed by atoms with E-state index in [4.69, 9.17) is 20.7 Å². The smallest absolute Gasteiger partial charge is 0.419 e. The summed E-state index contributed by atoms with van der Waals surface area (Å²) < 4.78 is 37.1. The Morgan fingerprint density at radius 3 is 2.40 bits per heavy atom. The number of pyridine rings is 1. The van der Waals surface area contributed by atoms with Crippen LogP contribution in [0, 0.1) is 18.2 Å². The van der Waals surface area contributed by atoms with E-state index in [9.17, 15) is 18.9 Å². The van der Waals surface area contributed by atoms with E-state index in [0.29, 0.717) is 22.5 Å². The molecule has 0 aliphatic heterocycles. The zero-order chi connectivity index (χ0) is 25.2. The molecule has 1 aliphatic rings. The van der Waals surface area contributed by atoms with Gasteiger partial charge in [0.15, 0.2) is 5.75 Å². The Morgan fingerprint density at radius 2 is 1.86 bits per heavy atom. The van der Waals surface area contributed by atoms with Crippen LogP contribution in [0.5, 0.6) is 5.75 Å². The molecule has 3 atom stereocenters. The van der Waals surface area contributed by atoms with Gasteiger partial charge in [0, 0.05) is 17.0 Å². The number of nitrogens with zero attached hydrogens (tertiary/aromatic N) is 1. The highest BCUT2D eigenvalue weighted by Crippen LogP contribution is 2.49. The van der Waals surface area contributed by atoms with Gasteiger partial charge in [-0.1, -0.05) is 42.5 Å². The number of ether oxygens (including phenoxy) is 1. The molecule has 1 N–H and O–H groups in total. The highest BCUT2D eigenvalue weighted by molar-refractivity contribution is 7.43. The third-order valence-corrected chi connectivity index (χ3v) is 7.57. The molecule has 0 bridgehead atoms. The first kappa shape index (κ1) is 24.7. The van der Waals surface area contributed by atoms with Crippen molar-refractivity contribution in [3.8, 4) is 40.5 Å². The molecule has 3 unspecified atom stereocenters. The second-order valence-corrected chi connectivity index (χ2v) is 9.92. The number of aliphatic hydroxyl groups is 1. The Hall–Kier alpha value is -3.43. The van der Waals surface area contributed by atoms with Crippen LogP contribution >= 0.6 is 8.03 Å². The number of hydrogen-bond donors (Lipinski definition) is 1. The van der Waals surface area contributed by atoms with Crippen LogP contribution in [0.3, 0.4) is 0 Å². The van der Waals surface area contributed by atoms with Crippen LogP contribution in [0.15, 0.2) is 60.7 Å². The van der Waals surface area contributed by atoms with Gasteiger partial charge in [-0.2, -0.15) is 0 Å². The number of carbonyl (C=O) groups is 1. The van der Waals surface area contributed by atoms with E-state index in [-0.39, 0.29) is 11.7 Å². The molecular formula is C27H24FNO5P+. The lowest BCUT2D eigenvalue weighted by Crippen LogP contribution is -2.46. The van der Waals surface area contributed by atoms with Crippen LogP contribution in [-0.2, 0) is 13.9 Å². The van der Waals surface area contributed by atoms with Gasteiger partial charge in [-0.15, -0.1) is 10.9 Å². The number of halogens is 1. The molecule has 0 saturated heterocycles. The first-order valence-electron chi connectivity index (χ1n) is 11.1. The zero-order valence-corrected chi connectivity index (χ0v) is 20.2. The summed E-state index contributed by atoms with van der Waals surface area (Å²) >= 11 is 0. The quantitative estimate of drug-likeness (QED) is 0.255. The summed E-state index contributed by atoms with van der Waals surface area (Å²) in [5, 5.41) is 8.13. The lowest BCUT2D eigenvalue weighted by atomic mass is 9.99. The maximum atomic E-state index is 13.7. The van der Waals surface area contributed by atoms with Crippen LogP contribution in [0.4, 0.5) is 4.39 Å². The molecule has 8 heteroatoms. The summed E-state index contributed by atoms with van der Waals surface area (Å²) in [5.41, 5.74) is 3.16. The number of carbonyl (C=O) groups excluding carboxylic acids is 1. The van der Waals surface area contributed by atoms with Crippen LogP contribution < -0.4 is 4.74 Å². The minimum Gasteiger partial charge on any atom is -0.419 e. The van der Waals surface area contributed by atoms with Crippen molar-refractivity contribution < 1.29 is 28.1 Å². The SMILES string of the molecule is C#CC(C(=O)Oc1c(-c2ccc(F)cc2)cc(-c2ccccc2)nc1C1CC1)(C(C)O)[P+](=O)OC. The second-order valence-electron chi connectivity index (χ2n) is 8.33. The van der Waals surface area contributed by atoms with Gasteiger partial charge in [0.1, 0.15) is 11.9 Å². The monoisotopic (exact) mass is 492 g/mol. The van der Waals surface area contributed by atoms with Gasteiger partial charge in [-0.05, 0) is 54.0 Å². The Balaban J connectivity index is 1.92. The lowest BCUT2D eigenvalue weighted by Gasteiger charge is -2.21. The average molecular weight is 492 g/mol. The molecule has 3 aromatic rings. The number of aromatic nitrogens is 1. The second kappa shape index (κ2) is 10.1. The van der Waals surface area contributed by atoms with E-state index in [1.807, 2.05) is 30.3 Å². The van der Waals surface area contributed by atoms with E-state index in [2.05, 4.69) is 5.92 Å². The van der Waals surface area contributed by atoms with Gasteiger partial charge in [0.25, 0.3) is 0 Å². The summed E-state index contributed by atoms with van der Waals surface area (Å²) in [6.45, 7) is 1.26. The van der Waals surface area contributed by atoms with E-state index < -0.39 is 31.1 Å². The molecule has 1 heterocycles. The molecule has 0 spiro atoms. The molecule has 6 nitrogen and oxygen atoms in total. The van der Waals surface area contributed by atoms with Crippen LogP contribution in [0.1, 0.15) is 31.4 Å². The van der Waals surface area contributed by atoms with E-state index >= 15 is 0 Å². The lowest BCUT2D eigenvalue weighted by molar-refractivity contribution is -0.138. The third-order valence-electron chi connectivity index (χ3n) is 5.97. The number of terminal acetylenes is 1. The van der Waals surface area contributed by atoms with Gasteiger partial charge >= 0.3 is 19.2 Å². The van der Waals surface area contributed by atoms with Crippen molar-refractivity contribution in [1.82, 2.24) is 4.98 Å². The van der Waals surface area contributed by atoms with Crippen molar-refractivity contribution >= 4 is 14.0 Å². The van der Waals surface area contributed by atoms with Crippen molar-refractivity contribution in [2.75, 3.05) is 7.11 Å². The average Bonchev–Trinajstić information content (AvgIpc) is 3.71. The van der Waals surface area contributed by atoms with Gasteiger partial charge in [0.2, 0.25) is 0 Å². The van der Waals surface area contributed by atoms with Crippen molar-refractivity contribution in [2.45, 2.75) is 36.9 Å². The zero-order valence-electron chi connectivity index (χ0n) is 19.3. The van der Waals surface area contributed by atoms with Gasteiger partial charge in [0.05, 0.1) is 18.5 Å². The summed E-state index contributed by atoms with van der Waals surface area (Å²) in [5.74, 6) is 0.840. The normalized spacial score (nSPS) is 16.0. The fourth-order valence-corrected chi connectivity index (χ4v) is 4.73. The Morgan fingerprint density at radius 1 is 1.20 bits per heavy atom. The summed E-state index contributed by atoms with van der Waals surface area (Å²) in [7, 11) is -1.67. The number of esters is 1. The summed E-state index contributed by atoms with van der Waals surface area (Å²) in [6, 6.07) is 17.0. The fraction of sp³-hybridized carbons (Fsp3) is 0.259. The molecule has 0 radical (unpaired) electrons. The molecule has 2 aromatic carbocycles. The summed E-state index contributed by atoms with van der Waals surface area (Å²) in [6.07, 6.45) is 5.77. The topological polar surface area (TPSA) is 85.7 Å². The van der Waals surface area contributed by atoms with E-state index in [0.717, 1.165) is 25.5 Å². The number of aliphatic hydroxyl groups excluding tert-OH is 1. The predicted octanol–water partition coefficient (Wildman–Crippen LogP) is 5.48. The van der Waals surface area contributed by atoms with Gasteiger partial charge < -0.3 is 9.84 Å². The minimum absolute atomic E-state index is 0.0450. The molecule has 0 amide bonds. The van der Waals surface area contributed by atoms with Crippen molar-refractivity contribution in [2.24, 2.45) is 0 Å². The molecule has 4 rings (SSSR count). The highest BCUT2D eigenvalue weighted by Gasteiger charge is 2.63. The van der Waals surface area contributed by atoms with Crippen molar-refractivity contribution in [3.63, 3.8) is 0 Å². The van der Waals surface area contributed by atoms with Crippen LogP contribution in [0.2, 0.25) is 0 Å². The molecule has 178 valence electrons.